The Labute approximate surface area is 317 Å². The molecular weight excluding hydrogens is 735 g/mol. The van der Waals surface area contributed by atoms with E-state index >= 15 is 0 Å². The van der Waals surface area contributed by atoms with Crippen molar-refractivity contribution in [1.29, 1.82) is 0 Å². The van der Waals surface area contributed by atoms with Gasteiger partial charge in [0.05, 0.1) is 19.1 Å². The van der Waals surface area contributed by atoms with Gasteiger partial charge in [-0.15, -0.1) is 0 Å². The largest absolute Gasteiger partial charge is 0.493 e. The molecule has 17 nitrogen and oxygen atoms in total. The van der Waals surface area contributed by atoms with Crippen molar-refractivity contribution in [2.24, 2.45) is 5.92 Å². The molecule has 6 rings (SSSR count). The fourth-order valence-electron chi connectivity index (χ4n) is 6.58. The molecule has 292 valence electrons. The van der Waals surface area contributed by atoms with Crippen molar-refractivity contribution in [2.45, 2.75) is 75.1 Å². The molecule has 0 unspecified atom stereocenters. The van der Waals surface area contributed by atoms with Crippen molar-refractivity contribution in [3.8, 4) is 11.5 Å². The van der Waals surface area contributed by atoms with Crippen LogP contribution in [0, 0.1) is 5.92 Å². The molecule has 2 aliphatic rings. The number of rotatable bonds is 9. The Hall–Kier alpha value is -5.75. The number of methoxy groups -OCH3 is 2. The van der Waals surface area contributed by atoms with E-state index in [-0.39, 0.29) is 59.1 Å². The van der Waals surface area contributed by atoms with Gasteiger partial charge in [0, 0.05) is 25.1 Å². The van der Waals surface area contributed by atoms with Crippen molar-refractivity contribution < 1.29 is 45.9 Å². The van der Waals surface area contributed by atoms with Gasteiger partial charge >= 0.3 is 0 Å². The molecule has 1 fully saturated rings. The Morgan fingerprint density at radius 3 is 2.27 bits per heavy atom. The summed E-state index contributed by atoms with van der Waals surface area (Å²) < 4.78 is 51.8. The van der Waals surface area contributed by atoms with Gasteiger partial charge < -0.3 is 39.2 Å². The molecule has 1 saturated heterocycles. The Balaban J connectivity index is 1.36. The van der Waals surface area contributed by atoms with Crippen LogP contribution in [0.2, 0.25) is 0 Å². The van der Waals surface area contributed by atoms with Gasteiger partial charge in [0.2, 0.25) is 33.6 Å². The standard InChI is InChI=1S/C37H43N7O10S/c1-20(2)13-25-32(45)38-21(3)35-42-28(19-53-35)37(48)44-17-23(43-55(49,50)24-11-12-30(51-4)31(16-24)52-5)15-29(44)34(47)40-26(14-22-9-7-6-8-10-22)36-41-27(18-54-36)33(46)39-25/h6-12,16,18-21,23,25-26,29,43H,13-15,17H2,1-5H3,(H,38,45)(H,39,46)(H,40,47)/t21-,23+,25-,26+,29+/m1/s1. The third-order valence-electron chi connectivity index (χ3n) is 9.30. The second kappa shape index (κ2) is 16.3. The van der Waals surface area contributed by atoms with Gasteiger partial charge in [-0.2, -0.15) is 0 Å². The number of nitrogens with one attached hydrogen (secondary N) is 4. The molecule has 0 saturated carbocycles. The van der Waals surface area contributed by atoms with Gasteiger partial charge in [-0.1, -0.05) is 44.2 Å². The zero-order valence-corrected chi connectivity index (χ0v) is 31.7. The predicted octanol–water partition coefficient (Wildman–Crippen LogP) is 2.68. The van der Waals surface area contributed by atoms with Crippen LogP contribution in [0.25, 0.3) is 0 Å². The quantitative estimate of drug-likeness (QED) is 0.193. The summed E-state index contributed by atoms with van der Waals surface area (Å²) in [7, 11) is -1.39. The molecule has 0 spiro atoms. The fourth-order valence-corrected chi connectivity index (χ4v) is 7.83. The summed E-state index contributed by atoms with van der Waals surface area (Å²) in [5.74, 6) is -1.95. The third kappa shape index (κ3) is 8.81. The molecular formula is C37H43N7O10S. The molecule has 4 bridgehead atoms. The monoisotopic (exact) mass is 777 g/mol. The van der Waals surface area contributed by atoms with E-state index in [1.807, 2.05) is 44.2 Å². The summed E-state index contributed by atoms with van der Waals surface area (Å²) in [5, 5.41) is 8.45. The van der Waals surface area contributed by atoms with E-state index in [0.29, 0.717) is 12.2 Å². The maximum absolute atomic E-state index is 14.3. The molecule has 2 aromatic heterocycles. The highest BCUT2D eigenvalue weighted by atomic mass is 32.2. The lowest BCUT2D eigenvalue weighted by atomic mass is 10.0. The number of hydrogen-bond donors (Lipinski definition) is 4. The first kappa shape index (κ1) is 39.0. The van der Waals surface area contributed by atoms with Gasteiger partial charge in [0.15, 0.2) is 22.9 Å². The zero-order valence-electron chi connectivity index (χ0n) is 30.9. The number of aromatic nitrogens is 2. The number of carbonyl (C=O) groups is 4. The van der Waals surface area contributed by atoms with Gasteiger partial charge in [-0.3, -0.25) is 19.2 Å². The summed E-state index contributed by atoms with van der Waals surface area (Å²) in [5.41, 5.74) is 0.526. The lowest BCUT2D eigenvalue weighted by molar-refractivity contribution is -0.126. The van der Waals surface area contributed by atoms with Crippen LogP contribution < -0.4 is 30.1 Å². The Morgan fingerprint density at radius 2 is 1.56 bits per heavy atom. The number of carbonyl (C=O) groups excluding carboxylic acids is 4. The van der Waals surface area contributed by atoms with E-state index in [9.17, 15) is 27.6 Å². The predicted molar refractivity (Wildman–Crippen MR) is 194 cm³/mol. The molecule has 4 N–H and O–H groups in total. The number of benzene rings is 2. The number of fused-ring (bicyclic) bond motifs is 5. The summed E-state index contributed by atoms with van der Waals surface area (Å²) in [6, 6.07) is 8.46. The molecule has 4 aromatic rings. The van der Waals surface area contributed by atoms with Crippen LogP contribution >= 0.6 is 0 Å². The number of ether oxygens (including phenoxy) is 2. The summed E-state index contributed by atoms with van der Waals surface area (Å²) >= 11 is 0. The number of nitrogens with zero attached hydrogens (tertiary/aromatic N) is 3. The highest BCUT2D eigenvalue weighted by molar-refractivity contribution is 7.89. The van der Waals surface area contributed by atoms with Crippen molar-refractivity contribution >= 4 is 33.7 Å². The van der Waals surface area contributed by atoms with Crippen molar-refractivity contribution in [1.82, 2.24) is 35.5 Å². The molecule has 2 aliphatic heterocycles. The average Bonchev–Trinajstić information content (AvgIpc) is 3.94. The normalized spacial score (nSPS) is 22.3. The molecule has 5 atom stereocenters. The SMILES string of the molecule is COc1ccc(S(=O)(=O)N[C@H]2C[C@H]3C(=O)N[C@@H](Cc4ccccc4)c4nc(co4)C(=O)N[C@H](CC(C)C)C(=O)N[C@H](C)c4nc(co4)C(=O)N3C2)cc1OC. The van der Waals surface area contributed by atoms with Crippen LogP contribution in [0.3, 0.4) is 0 Å². The van der Waals surface area contributed by atoms with Crippen molar-refractivity contribution in [3.05, 3.63) is 89.8 Å². The van der Waals surface area contributed by atoms with Crippen LogP contribution in [0.5, 0.6) is 11.5 Å². The van der Waals surface area contributed by atoms with E-state index in [4.69, 9.17) is 18.3 Å². The minimum atomic E-state index is -4.19. The Kier molecular flexibility index (Phi) is 11.6. The Bertz CT molecular complexity index is 2150. The second-order valence-electron chi connectivity index (χ2n) is 13.8. The lowest BCUT2D eigenvalue weighted by Crippen LogP contribution is -2.48. The van der Waals surface area contributed by atoms with Gasteiger partial charge in [-0.25, -0.2) is 23.1 Å². The molecule has 0 radical (unpaired) electrons. The van der Waals surface area contributed by atoms with E-state index in [1.165, 1.54) is 37.3 Å². The number of hydrogen-bond acceptors (Lipinski definition) is 12. The van der Waals surface area contributed by atoms with Crippen LogP contribution in [-0.2, 0) is 26.0 Å². The van der Waals surface area contributed by atoms with Crippen LogP contribution in [0.1, 0.15) is 84.0 Å². The van der Waals surface area contributed by atoms with E-state index in [0.717, 1.165) is 18.1 Å². The van der Waals surface area contributed by atoms with Crippen LogP contribution in [0.4, 0.5) is 0 Å². The highest BCUT2D eigenvalue weighted by Gasteiger charge is 2.43. The molecule has 0 aliphatic carbocycles. The van der Waals surface area contributed by atoms with Gasteiger partial charge in [0.1, 0.15) is 36.7 Å². The number of amides is 4. The minimum Gasteiger partial charge on any atom is -0.493 e. The second-order valence-corrected chi connectivity index (χ2v) is 15.5. The van der Waals surface area contributed by atoms with Crippen LogP contribution in [0.15, 0.2) is 74.8 Å². The first-order valence-corrected chi connectivity index (χ1v) is 19.2. The van der Waals surface area contributed by atoms with Crippen molar-refractivity contribution in [2.75, 3.05) is 20.8 Å². The fraction of sp³-hybridized carbons (Fsp3) is 0.405. The summed E-state index contributed by atoms with van der Waals surface area (Å²) in [6.45, 7) is 5.21. The van der Waals surface area contributed by atoms with Gasteiger partial charge in [-0.05, 0) is 43.4 Å². The molecule has 55 heavy (non-hydrogen) atoms. The zero-order chi connectivity index (χ0) is 39.4. The number of oxazole rings is 2. The van der Waals surface area contributed by atoms with Gasteiger partial charge in [0.25, 0.3) is 11.8 Å². The van der Waals surface area contributed by atoms with Crippen molar-refractivity contribution in [3.63, 3.8) is 0 Å². The number of sulfonamides is 1. The molecule has 4 amide bonds. The van der Waals surface area contributed by atoms with E-state index in [1.54, 1.807) is 6.92 Å². The smallest absolute Gasteiger partial charge is 0.276 e. The average molecular weight is 778 g/mol. The van der Waals surface area contributed by atoms with Crippen LogP contribution in [-0.4, -0.2) is 85.8 Å². The highest BCUT2D eigenvalue weighted by Crippen LogP contribution is 2.31. The summed E-state index contributed by atoms with van der Waals surface area (Å²) in [6.07, 6.45) is 2.63. The maximum Gasteiger partial charge on any atom is 0.276 e. The van der Waals surface area contributed by atoms with E-state index < -0.39 is 63.9 Å². The molecule has 4 heterocycles. The summed E-state index contributed by atoms with van der Waals surface area (Å²) in [4.78, 5) is 65.2. The third-order valence-corrected chi connectivity index (χ3v) is 10.8. The topological polar surface area (TPSA) is 224 Å². The molecule has 18 heteroatoms. The minimum absolute atomic E-state index is 0.00223. The first-order chi connectivity index (χ1) is 26.3. The Morgan fingerprint density at radius 1 is 0.873 bits per heavy atom. The molecule has 2 aromatic carbocycles. The first-order valence-electron chi connectivity index (χ1n) is 17.7. The van der Waals surface area contributed by atoms with E-state index in [2.05, 4.69) is 30.6 Å². The lowest BCUT2D eigenvalue weighted by Gasteiger charge is -2.25. The maximum atomic E-state index is 14.3.